The van der Waals surface area contributed by atoms with E-state index in [2.05, 4.69) is 199 Å². The van der Waals surface area contributed by atoms with Crippen molar-refractivity contribution in [2.75, 3.05) is 0 Å². The Kier molecular flexibility index (Phi) is 9.64. The molecular formula is C58H39IN4O. The smallest absolute Gasteiger partial charge is 0.0544 e. The Bertz CT molecular complexity index is 3570. The van der Waals surface area contributed by atoms with Crippen LogP contribution in [0.5, 0.6) is 0 Å². The van der Waals surface area contributed by atoms with Crippen LogP contribution in [0, 0.1) is 7.14 Å². The van der Waals surface area contributed by atoms with Gasteiger partial charge in [0.25, 0.3) is 0 Å². The summed E-state index contributed by atoms with van der Waals surface area (Å²) in [6, 6.07) is 82.3. The third-order valence-electron chi connectivity index (χ3n) is 11.9. The van der Waals surface area contributed by atoms with Crippen LogP contribution < -0.4 is 0 Å². The molecule has 5 nitrogen and oxygen atoms in total. The van der Waals surface area contributed by atoms with Crippen LogP contribution in [0.4, 0.5) is 0 Å². The number of aromatic nitrogens is 4. The third kappa shape index (κ3) is 6.74. The number of alkyl halides is 1. The van der Waals surface area contributed by atoms with Crippen LogP contribution in [0.1, 0.15) is 15.1 Å². The van der Waals surface area contributed by atoms with Gasteiger partial charge in [-0.25, -0.2) is 0 Å². The molecule has 12 rings (SSSR count). The van der Waals surface area contributed by atoms with Gasteiger partial charge >= 0.3 is 332 Å². The van der Waals surface area contributed by atoms with E-state index < -0.39 is 19.8 Å². The van der Waals surface area contributed by atoms with Gasteiger partial charge in [-0.2, -0.15) is 0 Å². The molecule has 0 aliphatic rings. The molecule has 0 saturated carbocycles. The van der Waals surface area contributed by atoms with Crippen LogP contribution in [-0.4, -0.2) is 19.5 Å². The Morgan fingerprint density at radius 1 is 0.391 bits per heavy atom. The summed E-state index contributed by atoms with van der Waals surface area (Å²) in [7, 11) is 0. The summed E-state index contributed by atoms with van der Waals surface area (Å²) < 4.78 is 12.1. The van der Waals surface area contributed by atoms with Crippen molar-refractivity contribution in [2.24, 2.45) is 0 Å². The number of halogens is 1. The molecule has 0 fully saturated rings. The van der Waals surface area contributed by atoms with Crippen molar-refractivity contribution in [3.05, 3.63) is 249 Å². The largest absolute Gasteiger partial charge is 0.0617 e. The second-order valence-corrected chi connectivity index (χ2v) is 21.3. The van der Waals surface area contributed by atoms with Gasteiger partial charge in [-0.15, -0.1) is 0 Å². The first-order valence-electron chi connectivity index (χ1n) is 21.4. The van der Waals surface area contributed by atoms with E-state index in [-0.39, 0.29) is 3.92 Å². The van der Waals surface area contributed by atoms with Crippen LogP contribution >= 0.6 is 19.8 Å². The maximum atomic E-state index is 6.87. The number of hydrogen-bond donors (Lipinski definition) is 0. The van der Waals surface area contributed by atoms with Crippen molar-refractivity contribution in [3.63, 3.8) is 0 Å². The van der Waals surface area contributed by atoms with Gasteiger partial charge < -0.3 is 0 Å². The van der Waals surface area contributed by atoms with Crippen LogP contribution in [0.3, 0.4) is 0 Å². The summed E-state index contributed by atoms with van der Waals surface area (Å²) in [5.41, 5.74) is 10.2. The fraction of sp³-hybridized carbons (Fsp3) is 0.0172. The number of fused-ring (bicyclic) bond motifs is 7. The standard InChI is InChI=1S/C58H39IN4O/c1-6-19-39(20-7-1)42-25-18-26-44(37-42)57-60-56(41-23-10-3-11-24-41)61-58(62-57)63-51-36-33-43(38-50(51)48-34-35-49-47-31-16-17-32-52(47)64-55(49)54(48)63)53(40-21-8-2-9-22-40)59(45-27-12-4-13-28-45)46-29-14-5-15-30-46/h1-38,53H. The number of para-hydroxylation sites is 1. The summed E-state index contributed by atoms with van der Waals surface area (Å²) in [5.74, 6) is 1.71. The number of rotatable bonds is 9. The predicted octanol–water partition coefficient (Wildman–Crippen LogP) is 15.2. The Morgan fingerprint density at radius 2 is 0.953 bits per heavy atom. The molecule has 64 heavy (non-hydrogen) atoms. The number of benzene rings is 9. The number of furan rings is 1. The van der Waals surface area contributed by atoms with Crippen molar-refractivity contribution < 1.29 is 4.42 Å². The van der Waals surface area contributed by atoms with E-state index in [1.54, 1.807) is 0 Å². The normalized spacial score (nSPS) is 12.3. The molecule has 0 bridgehead atoms. The minimum atomic E-state index is -2.20. The van der Waals surface area contributed by atoms with Gasteiger partial charge in [0.1, 0.15) is 0 Å². The first kappa shape index (κ1) is 38.0. The van der Waals surface area contributed by atoms with Crippen molar-refractivity contribution >= 4 is 63.6 Å². The van der Waals surface area contributed by atoms with Gasteiger partial charge in [-0.05, 0) is 5.56 Å². The zero-order chi connectivity index (χ0) is 42.4. The van der Waals surface area contributed by atoms with Crippen molar-refractivity contribution in [2.45, 2.75) is 3.92 Å². The molecule has 9 aromatic carbocycles. The monoisotopic (exact) mass is 934 g/mol. The molecule has 0 aliphatic carbocycles. The van der Waals surface area contributed by atoms with E-state index in [9.17, 15) is 0 Å². The quantitative estimate of drug-likeness (QED) is 0.107. The fourth-order valence-corrected chi connectivity index (χ4v) is 15.8. The van der Waals surface area contributed by atoms with E-state index in [4.69, 9.17) is 19.4 Å². The van der Waals surface area contributed by atoms with Gasteiger partial charge in [0, 0.05) is 0 Å². The molecule has 0 radical (unpaired) electrons. The maximum Gasteiger partial charge on any atom is -0.0544 e. The van der Waals surface area contributed by atoms with Crippen LogP contribution in [-0.2, 0) is 0 Å². The van der Waals surface area contributed by atoms with Crippen LogP contribution in [0.2, 0.25) is 0 Å². The molecule has 12 aromatic rings. The number of hydrogen-bond acceptors (Lipinski definition) is 4. The van der Waals surface area contributed by atoms with Gasteiger partial charge in [0.05, 0.1) is 0 Å². The van der Waals surface area contributed by atoms with Gasteiger partial charge in [-0.3, -0.25) is 0 Å². The zero-order valence-electron chi connectivity index (χ0n) is 34.6. The Hall–Kier alpha value is -7.68. The summed E-state index contributed by atoms with van der Waals surface area (Å²) in [5, 5.41) is 4.30. The van der Waals surface area contributed by atoms with Crippen molar-refractivity contribution in [1.82, 2.24) is 19.5 Å². The molecule has 0 N–H and O–H groups in total. The van der Waals surface area contributed by atoms with E-state index in [1.807, 2.05) is 36.4 Å². The molecule has 0 amide bonds. The van der Waals surface area contributed by atoms with E-state index >= 15 is 0 Å². The zero-order valence-corrected chi connectivity index (χ0v) is 36.7. The minimum Gasteiger partial charge on any atom is -0.0617 e. The van der Waals surface area contributed by atoms with Crippen LogP contribution in [0.15, 0.2) is 235 Å². The predicted molar refractivity (Wildman–Crippen MR) is 270 cm³/mol. The summed E-state index contributed by atoms with van der Waals surface area (Å²) >= 11 is -2.20. The van der Waals surface area contributed by atoms with Gasteiger partial charge in [-0.1, -0.05) is 42.5 Å². The van der Waals surface area contributed by atoms with Gasteiger partial charge in [0.15, 0.2) is 0 Å². The molecule has 3 aromatic heterocycles. The molecule has 0 saturated heterocycles. The van der Waals surface area contributed by atoms with Crippen molar-refractivity contribution in [1.29, 1.82) is 0 Å². The molecule has 1 atom stereocenters. The Labute approximate surface area is 377 Å². The Balaban J connectivity index is 1.14. The fourth-order valence-electron chi connectivity index (χ4n) is 8.99. The van der Waals surface area contributed by atoms with Gasteiger partial charge in [0.2, 0.25) is 0 Å². The third-order valence-corrected chi connectivity index (χ3v) is 18.7. The first-order valence-corrected chi connectivity index (χ1v) is 24.8. The van der Waals surface area contributed by atoms with Crippen molar-refractivity contribution in [3.8, 4) is 39.9 Å². The van der Waals surface area contributed by atoms with E-state index in [0.29, 0.717) is 17.6 Å². The molecule has 1 unspecified atom stereocenters. The first-order chi connectivity index (χ1) is 31.7. The number of nitrogens with zero attached hydrogens (tertiary/aromatic N) is 4. The second kappa shape index (κ2) is 16.2. The molecular weight excluding hydrogens is 896 g/mol. The average Bonchev–Trinajstić information content (AvgIpc) is 3.93. The second-order valence-electron chi connectivity index (χ2n) is 15.8. The summed E-state index contributed by atoms with van der Waals surface area (Å²) in [4.78, 5) is 15.9. The minimum absolute atomic E-state index is 0.151. The van der Waals surface area contributed by atoms with E-state index in [1.165, 1.54) is 18.3 Å². The van der Waals surface area contributed by atoms with Crippen LogP contribution in [0.25, 0.3) is 83.6 Å². The van der Waals surface area contributed by atoms with E-state index in [0.717, 1.165) is 66.0 Å². The Morgan fingerprint density at radius 3 is 1.66 bits per heavy atom. The molecule has 0 spiro atoms. The molecule has 304 valence electrons. The summed E-state index contributed by atoms with van der Waals surface area (Å²) in [6.07, 6.45) is 0. The molecule has 0 aliphatic heterocycles. The summed E-state index contributed by atoms with van der Waals surface area (Å²) in [6.45, 7) is 0. The average molecular weight is 935 g/mol. The molecule has 6 heteroatoms. The molecule has 3 heterocycles. The topological polar surface area (TPSA) is 56.7 Å². The maximum absolute atomic E-state index is 6.87. The SMILES string of the molecule is c1ccc(-c2cccc(-c3nc(-c4ccccc4)nc(-n4c5ccc(C(c6ccccc6)I(c6ccccc6)c6ccccc6)cc5c5ccc6c7ccccc7oc6c54)n3)c2)cc1.